The maximum absolute atomic E-state index is 9.33. The number of aromatic nitrogens is 2. The molecule has 1 atom stereocenters. The first-order valence-corrected chi connectivity index (χ1v) is 6.29. The molecule has 106 valence electrons. The van der Waals surface area contributed by atoms with Gasteiger partial charge in [0.15, 0.2) is 0 Å². The smallest absolute Gasteiger partial charge is 0.239 e. The minimum Gasteiger partial charge on any atom is -0.394 e. The first-order valence-electron chi connectivity index (χ1n) is 6.29. The average Bonchev–Trinajstić information content (AvgIpc) is 2.36. The highest BCUT2D eigenvalue weighted by Crippen LogP contribution is 2.25. The van der Waals surface area contributed by atoms with Gasteiger partial charge in [-0.25, -0.2) is 10.8 Å². The van der Waals surface area contributed by atoms with E-state index >= 15 is 0 Å². The van der Waals surface area contributed by atoms with Gasteiger partial charge in [-0.1, -0.05) is 0 Å². The van der Waals surface area contributed by atoms with Crippen molar-refractivity contribution < 1.29 is 9.84 Å². The Morgan fingerprint density at radius 1 is 1.58 bits per heavy atom. The Bertz CT molecular complexity index is 452. The minimum atomic E-state index is -0.333. The maximum atomic E-state index is 9.33. The second kappa shape index (κ2) is 5.28. The molecule has 7 nitrogen and oxygen atoms in total. The molecule has 1 saturated heterocycles. The molecule has 0 bridgehead atoms. The van der Waals surface area contributed by atoms with E-state index < -0.39 is 0 Å². The highest BCUT2D eigenvalue weighted by molar-refractivity contribution is 5.45. The van der Waals surface area contributed by atoms with Crippen LogP contribution in [0.15, 0.2) is 6.07 Å². The third-order valence-electron chi connectivity index (χ3n) is 2.98. The molecule has 1 fully saturated rings. The summed E-state index contributed by atoms with van der Waals surface area (Å²) in [6.45, 7) is 7.17. The van der Waals surface area contributed by atoms with Gasteiger partial charge in [-0.3, -0.25) is 5.43 Å². The molecule has 4 N–H and O–H groups in total. The van der Waals surface area contributed by atoms with Crippen LogP contribution >= 0.6 is 0 Å². The SMILES string of the molecule is Cc1cc(N2CC(CO)OC(C)(C)C2)nc(NN)n1. The molecule has 2 heterocycles. The number of hydrazine groups is 1. The van der Waals surface area contributed by atoms with Crippen LogP contribution < -0.4 is 16.2 Å². The standard InChI is InChI=1S/C12H21N5O2/c1-8-4-10(15-11(14-8)16-13)17-5-9(6-18)19-12(2,3)7-17/h4,9,18H,5-7,13H2,1-3H3,(H,14,15,16). The van der Waals surface area contributed by atoms with Crippen LogP contribution in [0.25, 0.3) is 0 Å². The Hall–Kier alpha value is -1.44. The summed E-state index contributed by atoms with van der Waals surface area (Å²) in [5.41, 5.74) is 2.97. The van der Waals surface area contributed by atoms with Gasteiger partial charge >= 0.3 is 0 Å². The van der Waals surface area contributed by atoms with Gasteiger partial charge in [-0.2, -0.15) is 4.98 Å². The minimum absolute atomic E-state index is 0.00794. The molecule has 0 saturated carbocycles. The summed E-state index contributed by atoms with van der Waals surface area (Å²) in [5.74, 6) is 6.54. The number of aryl methyl sites for hydroxylation is 1. The maximum Gasteiger partial charge on any atom is 0.239 e. The van der Waals surface area contributed by atoms with Crippen molar-refractivity contribution in [1.82, 2.24) is 9.97 Å². The number of nitrogens with one attached hydrogen (secondary N) is 1. The monoisotopic (exact) mass is 267 g/mol. The molecule has 1 aromatic heterocycles. The fourth-order valence-electron chi connectivity index (χ4n) is 2.34. The molecule has 0 radical (unpaired) electrons. The normalized spacial score (nSPS) is 22.4. The molecule has 0 amide bonds. The summed E-state index contributed by atoms with van der Waals surface area (Å²) < 4.78 is 5.79. The fourth-order valence-corrected chi connectivity index (χ4v) is 2.34. The van der Waals surface area contributed by atoms with Gasteiger partial charge < -0.3 is 14.7 Å². The summed E-state index contributed by atoms with van der Waals surface area (Å²) in [6.07, 6.45) is -0.215. The highest BCUT2D eigenvalue weighted by atomic mass is 16.5. The van der Waals surface area contributed by atoms with Gasteiger partial charge in [0.1, 0.15) is 5.82 Å². The zero-order chi connectivity index (χ0) is 14.0. The summed E-state index contributed by atoms with van der Waals surface area (Å²) in [7, 11) is 0. The molecule has 19 heavy (non-hydrogen) atoms. The van der Waals surface area contributed by atoms with Gasteiger partial charge in [-0.15, -0.1) is 0 Å². The molecule has 1 aliphatic heterocycles. The van der Waals surface area contributed by atoms with Crippen LogP contribution in [0, 0.1) is 6.92 Å². The fraction of sp³-hybridized carbons (Fsp3) is 0.667. The molecule has 2 rings (SSSR count). The van der Waals surface area contributed by atoms with Crippen LogP contribution in [0.3, 0.4) is 0 Å². The van der Waals surface area contributed by atoms with Crippen LogP contribution in [0.1, 0.15) is 19.5 Å². The van der Waals surface area contributed by atoms with Crippen molar-refractivity contribution in [2.45, 2.75) is 32.5 Å². The Balaban J connectivity index is 2.27. The van der Waals surface area contributed by atoms with E-state index in [2.05, 4.69) is 20.3 Å². The van der Waals surface area contributed by atoms with Crippen molar-refractivity contribution in [3.05, 3.63) is 11.8 Å². The number of hydrogen-bond donors (Lipinski definition) is 3. The van der Waals surface area contributed by atoms with Gasteiger partial charge in [0.25, 0.3) is 0 Å². The zero-order valence-corrected chi connectivity index (χ0v) is 11.6. The predicted molar refractivity (Wildman–Crippen MR) is 72.8 cm³/mol. The van der Waals surface area contributed by atoms with E-state index in [1.165, 1.54) is 0 Å². The lowest BCUT2D eigenvalue weighted by molar-refractivity contribution is -0.101. The van der Waals surface area contributed by atoms with Crippen LogP contribution in [0.4, 0.5) is 11.8 Å². The summed E-state index contributed by atoms with van der Waals surface area (Å²) in [6, 6.07) is 1.90. The lowest BCUT2D eigenvalue weighted by atomic mass is 10.1. The van der Waals surface area contributed by atoms with Gasteiger partial charge in [-0.05, 0) is 20.8 Å². The van der Waals surface area contributed by atoms with E-state index in [9.17, 15) is 5.11 Å². The molecule has 1 unspecified atom stereocenters. The van der Waals surface area contributed by atoms with Gasteiger partial charge in [0, 0.05) is 24.8 Å². The number of ether oxygens (including phenoxy) is 1. The quantitative estimate of drug-likeness (QED) is 0.526. The first-order chi connectivity index (χ1) is 8.93. The molecule has 0 aliphatic carbocycles. The molecule has 0 spiro atoms. The Labute approximate surface area is 112 Å². The largest absolute Gasteiger partial charge is 0.394 e. The second-order valence-corrected chi connectivity index (χ2v) is 5.40. The topological polar surface area (TPSA) is 96.5 Å². The Kier molecular flexibility index (Phi) is 3.88. The average molecular weight is 267 g/mol. The summed E-state index contributed by atoms with van der Waals surface area (Å²) in [4.78, 5) is 10.6. The third kappa shape index (κ3) is 3.31. The summed E-state index contributed by atoms with van der Waals surface area (Å²) >= 11 is 0. The van der Waals surface area contributed by atoms with Crippen molar-refractivity contribution in [1.29, 1.82) is 0 Å². The molecule has 1 aromatic rings. The number of morpholine rings is 1. The van der Waals surface area contributed by atoms with Crippen molar-refractivity contribution >= 4 is 11.8 Å². The van der Waals surface area contributed by atoms with Crippen molar-refractivity contribution in [2.24, 2.45) is 5.84 Å². The van der Waals surface area contributed by atoms with E-state index in [4.69, 9.17) is 10.6 Å². The molecule has 1 aliphatic rings. The first kappa shape index (κ1) is 14.0. The molecule has 7 heteroatoms. The molecular weight excluding hydrogens is 246 g/mol. The third-order valence-corrected chi connectivity index (χ3v) is 2.98. The second-order valence-electron chi connectivity index (χ2n) is 5.40. The van der Waals surface area contributed by atoms with Crippen molar-refractivity contribution in [3.8, 4) is 0 Å². The number of rotatable bonds is 3. The zero-order valence-electron chi connectivity index (χ0n) is 11.6. The molecule has 0 aromatic carbocycles. The van der Waals surface area contributed by atoms with E-state index in [1.807, 2.05) is 26.8 Å². The van der Waals surface area contributed by atoms with Crippen molar-refractivity contribution in [3.63, 3.8) is 0 Å². The van der Waals surface area contributed by atoms with E-state index in [1.54, 1.807) is 0 Å². The number of aliphatic hydroxyl groups is 1. The lowest BCUT2D eigenvalue weighted by Crippen LogP contribution is -2.54. The van der Waals surface area contributed by atoms with Crippen LogP contribution in [-0.4, -0.2) is 46.5 Å². The number of nitrogens with two attached hydrogens (primary N) is 1. The van der Waals surface area contributed by atoms with E-state index in [0.717, 1.165) is 11.5 Å². The van der Waals surface area contributed by atoms with E-state index in [-0.39, 0.29) is 18.3 Å². The molecular formula is C12H21N5O2. The van der Waals surface area contributed by atoms with Gasteiger partial charge in [0.2, 0.25) is 5.95 Å². The Morgan fingerprint density at radius 3 is 2.95 bits per heavy atom. The van der Waals surface area contributed by atoms with Crippen LogP contribution in [-0.2, 0) is 4.74 Å². The van der Waals surface area contributed by atoms with Crippen LogP contribution in [0.5, 0.6) is 0 Å². The number of hydrogen-bond acceptors (Lipinski definition) is 7. The highest BCUT2D eigenvalue weighted by Gasteiger charge is 2.33. The lowest BCUT2D eigenvalue weighted by Gasteiger charge is -2.42. The van der Waals surface area contributed by atoms with Gasteiger partial charge in [0.05, 0.1) is 18.3 Å². The number of nitrogens with zero attached hydrogens (tertiary/aromatic N) is 3. The van der Waals surface area contributed by atoms with Crippen molar-refractivity contribution in [2.75, 3.05) is 30.0 Å². The Morgan fingerprint density at radius 2 is 2.32 bits per heavy atom. The number of anilines is 2. The summed E-state index contributed by atoms with van der Waals surface area (Å²) in [5, 5.41) is 9.33. The van der Waals surface area contributed by atoms with E-state index in [0.29, 0.717) is 19.0 Å². The number of aliphatic hydroxyl groups excluding tert-OH is 1. The van der Waals surface area contributed by atoms with Crippen LogP contribution in [0.2, 0.25) is 0 Å². The predicted octanol–water partition coefficient (Wildman–Crippen LogP) is 0.0467. The number of nitrogen functional groups attached to an aromatic ring is 1.